The molecule has 3 nitrogen and oxygen atoms in total. The summed E-state index contributed by atoms with van der Waals surface area (Å²) in [4.78, 5) is 6.93. The fraction of sp³-hybridized carbons (Fsp3) is 0.438. The van der Waals surface area contributed by atoms with E-state index in [1.165, 1.54) is 36.9 Å². The van der Waals surface area contributed by atoms with Crippen LogP contribution in [0.15, 0.2) is 34.9 Å². The van der Waals surface area contributed by atoms with Gasteiger partial charge in [-0.3, -0.25) is 4.98 Å². The van der Waals surface area contributed by atoms with Crippen molar-refractivity contribution in [1.29, 1.82) is 0 Å². The average molecular weight is 334 g/mol. The minimum absolute atomic E-state index is 0.643. The van der Waals surface area contributed by atoms with Gasteiger partial charge in [0, 0.05) is 28.6 Å². The van der Waals surface area contributed by atoms with E-state index in [9.17, 15) is 0 Å². The van der Waals surface area contributed by atoms with Crippen molar-refractivity contribution in [3.63, 3.8) is 0 Å². The van der Waals surface area contributed by atoms with Crippen LogP contribution in [0.25, 0.3) is 10.9 Å². The van der Waals surface area contributed by atoms with Gasteiger partial charge in [0.05, 0.1) is 5.52 Å². The van der Waals surface area contributed by atoms with Crippen LogP contribution < -0.4 is 5.32 Å². The molecule has 4 heteroatoms. The Kier molecular flexibility index (Phi) is 4.34. The SMILES string of the molecule is CN1CCC(NCc2cnc3ccc(Br)cc3c2)CC1. The summed E-state index contributed by atoms with van der Waals surface area (Å²) >= 11 is 3.52. The molecule has 1 aliphatic heterocycles. The fourth-order valence-corrected chi connectivity index (χ4v) is 3.10. The summed E-state index contributed by atoms with van der Waals surface area (Å²) in [6.07, 6.45) is 4.46. The van der Waals surface area contributed by atoms with Gasteiger partial charge < -0.3 is 10.2 Å². The van der Waals surface area contributed by atoms with Gasteiger partial charge in [0.2, 0.25) is 0 Å². The second-order valence-corrected chi connectivity index (χ2v) is 6.55. The minimum Gasteiger partial charge on any atom is -0.310 e. The van der Waals surface area contributed by atoms with Crippen LogP contribution in [0.1, 0.15) is 18.4 Å². The maximum absolute atomic E-state index is 4.53. The van der Waals surface area contributed by atoms with E-state index in [4.69, 9.17) is 0 Å². The van der Waals surface area contributed by atoms with Crippen LogP contribution in [0.3, 0.4) is 0 Å². The van der Waals surface area contributed by atoms with E-state index >= 15 is 0 Å². The maximum atomic E-state index is 4.53. The Morgan fingerprint density at radius 1 is 1.30 bits per heavy atom. The van der Waals surface area contributed by atoms with E-state index in [-0.39, 0.29) is 0 Å². The molecule has 1 N–H and O–H groups in total. The van der Waals surface area contributed by atoms with Crippen LogP contribution >= 0.6 is 15.9 Å². The summed E-state index contributed by atoms with van der Waals surface area (Å²) in [6.45, 7) is 3.30. The molecular weight excluding hydrogens is 314 g/mol. The van der Waals surface area contributed by atoms with Crippen LogP contribution in [0.4, 0.5) is 0 Å². The van der Waals surface area contributed by atoms with Crippen LogP contribution in [0.2, 0.25) is 0 Å². The lowest BCUT2D eigenvalue weighted by molar-refractivity contribution is 0.234. The largest absolute Gasteiger partial charge is 0.310 e. The molecule has 0 bridgehead atoms. The average Bonchev–Trinajstić information content (AvgIpc) is 2.46. The predicted octanol–water partition coefficient (Wildman–Crippen LogP) is 3.18. The van der Waals surface area contributed by atoms with E-state index in [0.717, 1.165) is 16.5 Å². The first-order chi connectivity index (χ1) is 9.70. The highest BCUT2D eigenvalue weighted by Gasteiger charge is 2.15. The van der Waals surface area contributed by atoms with Gasteiger partial charge in [-0.05, 0) is 62.8 Å². The standard InChI is InChI=1S/C16H20BrN3/c1-20-6-4-15(5-7-20)18-10-12-8-13-9-14(17)2-3-16(13)19-11-12/h2-3,8-9,11,15,18H,4-7,10H2,1H3. The minimum atomic E-state index is 0.643. The molecule has 0 radical (unpaired) electrons. The van der Waals surface area contributed by atoms with Crippen molar-refractivity contribution in [1.82, 2.24) is 15.2 Å². The normalized spacial score (nSPS) is 17.7. The number of nitrogens with zero attached hydrogens (tertiary/aromatic N) is 2. The first-order valence-electron chi connectivity index (χ1n) is 7.17. The molecule has 1 aromatic heterocycles. The zero-order chi connectivity index (χ0) is 13.9. The number of halogens is 1. The lowest BCUT2D eigenvalue weighted by atomic mass is 10.1. The quantitative estimate of drug-likeness (QED) is 0.934. The molecule has 0 atom stereocenters. The summed E-state index contributed by atoms with van der Waals surface area (Å²) in [5, 5.41) is 4.86. The van der Waals surface area contributed by atoms with Crippen molar-refractivity contribution in [2.45, 2.75) is 25.4 Å². The Labute approximate surface area is 128 Å². The molecule has 1 saturated heterocycles. The molecule has 0 aliphatic carbocycles. The Balaban J connectivity index is 1.65. The van der Waals surface area contributed by atoms with Crippen molar-refractivity contribution < 1.29 is 0 Å². The molecule has 1 fully saturated rings. The van der Waals surface area contributed by atoms with Crippen LogP contribution in [0, 0.1) is 0 Å². The van der Waals surface area contributed by atoms with Gasteiger partial charge >= 0.3 is 0 Å². The first kappa shape index (κ1) is 14.0. The summed E-state index contributed by atoms with van der Waals surface area (Å²) in [6, 6.07) is 9.08. The maximum Gasteiger partial charge on any atom is 0.0702 e. The van der Waals surface area contributed by atoms with Crippen molar-refractivity contribution >= 4 is 26.8 Å². The number of hydrogen-bond donors (Lipinski definition) is 1. The van der Waals surface area contributed by atoms with E-state index in [1.807, 2.05) is 18.3 Å². The molecule has 0 unspecified atom stereocenters. The van der Waals surface area contributed by atoms with Crippen molar-refractivity contribution in [3.05, 3.63) is 40.5 Å². The number of aromatic nitrogens is 1. The van der Waals surface area contributed by atoms with E-state index < -0.39 is 0 Å². The number of hydrogen-bond acceptors (Lipinski definition) is 3. The molecule has 0 amide bonds. The number of fused-ring (bicyclic) bond motifs is 1. The van der Waals surface area contributed by atoms with Crippen LogP contribution in [-0.2, 0) is 6.54 Å². The van der Waals surface area contributed by atoms with E-state index in [1.54, 1.807) is 0 Å². The molecule has 106 valence electrons. The van der Waals surface area contributed by atoms with E-state index in [2.05, 4.69) is 50.3 Å². The summed E-state index contributed by atoms with van der Waals surface area (Å²) < 4.78 is 1.10. The zero-order valence-electron chi connectivity index (χ0n) is 11.8. The van der Waals surface area contributed by atoms with Gasteiger partial charge in [-0.15, -0.1) is 0 Å². The molecule has 2 aromatic rings. The number of benzene rings is 1. The van der Waals surface area contributed by atoms with Gasteiger partial charge in [-0.1, -0.05) is 15.9 Å². The Morgan fingerprint density at radius 2 is 2.10 bits per heavy atom. The molecular formula is C16H20BrN3. The summed E-state index contributed by atoms with van der Waals surface area (Å²) in [5.41, 5.74) is 2.31. The molecule has 0 saturated carbocycles. The van der Waals surface area contributed by atoms with Crippen LogP contribution in [0.5, 0.6) is 0 Å². The number of rotatable bonds is 3. The number of likely N-dealkylation sites (tertiary alicyclic amines) is 1. The highest BCUT2D eigenvalue weighted by atomic mass is 79.9. The molecule has 3 rings (SSSR count). The zero-order valence-corrected chi connectivity index (χ0v) is 13.4. The lowest BCUT2D eigenvalue weighted by Crippen LogP contribution is -2.40. The van der Waals surface area contributed by atoms with Crippen molar-refractivity contribution in [2.24, 2.45) is 0 Å². The van der Waals surface area contributed by atoms with Gasteiger partial charge in [0.1, 0.15) is 0 Å². The van der Waals surface area contributed by atoms with E-state index in [0.29, 0.717) is 6.04 Å². The Morgan fingerprint density at radius 3 is 2.90 bits per heavy atom. The number of nitrogens with one attached hydrogen (secondary N) is 1. The van der Waals surface area contributed by atoms with Crippen LogP contribution in [-0.4, -0.2) is 36.1 Å². The first-order valence-corrected chi connectivity index (χ1v) is 7.96. The highest BCUT2D eigenvalue weighted by molar-refractivity contribution is 9.10. The lowest BCUT2D eigenvalue weighted by Gasteiger charge is -2.29. The Hall–Kier alpha value is -0.970. The van der Waals surface area contributed by atoms with Gasteiger partial charge in [-0.25, -0.2) is 0 Å². The molecule has 1 aromatic carbocycles. The third kappa shape index (κ3) is 3.37. The van der Waals surface area contributed by atoms with Gasteiger partial charge in [0.25, 0.3) is 0 Å². The molecule has 20 heavy (non-hydrogen) atoms. The molecule has 1 aliphatic rings. The topological polar surface area (TPSA) is 28.2 Å². The number of piperidine rings is 1. The second kappa shape index (κ2) is 6.20. The van der Waals surface area contributed by atoms with Crippen molar-refractivity contribution in [2.75, 3.05) is 20.1 Å². The van der Waals surface area contributed by atoms with Gasteiger partial charge in [0.15, 0.2) is 0 Å². The second-order valence-electron chi connectivity index (χ2n) is 5.64. The monoisotopic (exact) mass is 333 g/mol. The highest BCUT2D eigenvalue weighted by Crippen LogP contribution is 2.19. The third-order valence-electron chi connectivity index (χ3n) is 4.01. The summed E-state index contributed by atoms with van der Waals surface area (Å²) in [5.74, 6) is 0. The smallest absolute Gasteiger partial charge is 0.0702 e. The molecule has 0 spiro atoms. The third-order valence-corrected chi connectivity index (χ3v) is 4.51. The Bertz CT molecular complexity index is 591. The summed E-state index contributed by atoms with van der Waals surface area (Å²) in [7, 11) is 2.20. The van der Waals surface area contributed by atoms with Gasteiger partial charge in [-0.2, -0.15) is 0 Å². The number of pyridine rings is 1. The van der Waals surface area contributed by atoms with Crippen molar-refractivity contribution in [3.8, 4) is 0 Å². The predicted molar refractivity (Wildman–Crippen MR) is 86.8 cm³/mol. The molecule has 2 heterocycles. The fourth-order valence-electron chi connectivity index (χ4n) is 2.72.